The van der Waals surface area contributed by atoms with Gasteiger partial charge in [0, 0.05) is 86.0 Å². The first kappa shape index (κ1) is 97.2. The third kappa shape index (κ3) is 27.9. The van der Waals surface area contributed by atoms with Crippen molar-refractivity contribution in [3.8, 4) is 0 Å². The molecule has 0 spiro atoms. The maximum Gasteiger partial charge on any atom is 0.297 e. The minimum atomic E-state index is -3.93. The Bertz CT molecular complexity index is 6740. The summed E-state index contributed by atoms with van der Waals surface area (Å²) >= 11 is 0. The van der Waals surface area contributed by atoms with Crippen LogP contribution in [-0.2, 0) is 92.4 Å². The third-order valence-corrected chi connectivity index (χ3v) is 25.7. The van der Waals surface area contributed by atoms with Crippen LogP contribution in [0.15, 0.2) is 287 Å². The number of nitrogens with one attached hydrogen (secondary N) is 6. The van der Waals surface area contributed by atoms with Crippen molar-refractivity contribution in [3.05, 3.63) is 335 Å². The summed E-state index contributed by atoms with van der Waals surface area (Å²) in [6.45, 7) is 12.3. The van der Waals surface area contributed by atoms with Crippen molar-refractivity contribution in [1.29, 1.82) is 0 Å². The van der Waals surface area contributed by atoms with E-state index in [1.54, 1.807) is 86.7 Å². The van der Waals surface area contributed by atoms with Gasteiger partial charge in [0.25, 0.3) is 40.5 Å². The summed E-state index contributed by atoms with van der Waals surface area (Å²) in [7, 11) is -10.9. The van der Waals surface area contributed by atoms with Crippen molar-refractivity contribution in [3.63, 3.8) is 0 Å². The summed E-state index contributed by atoms with van der Waals surface area (Å²) in [4.78, 5) is 59.4. The Morgan fingerprint density at radius 3 is 0.873 bits per heavy atom. The van der Waals surface area contributed by atoms with Gasteiger partial charge in [-0.15, -0.1) is 0 Å². The number of allylic oxidation sites excluding steroid dienone is 2. The van der Waals surface area contributed by atoms with E-state index < -0.39 is 40.5 Å². The molecule has 0 atom stereocenters. The van der Waals surface area contributed by atoms with Crippen LogP contribution in [0.5, 0.6) is 0 Å². The predicted molar refractivity (Wildman–Crippen MR) is 516 cm³/mol. The average Bonchev–Trinajstić information content (AvgIpc) is 0.487. The van der Waals surface area contributed by atoms with Gasteiger partial charge in [0.15, 0.2) is 0 Å². The summed E-state index contributed by atoms with van der Waals surface area (Å²) in [6, 6.07) is 78.6. The lowest BCUT2D eigenvalue weighted by molar-refractivity contribution is 0.122. The zero-order valence-corrected chi connectivity index (χ0v) is 77.9. The largest absolute Gasteiger partial charge is 0.378 e. The average molecular weight is 1890 g/mol. The number of ether oxygens (including phenoxy) is 2. The molecule has 134 heavy (non-hydrogen) atoms. The summed E-state index contributed by atoms with van der Waals surface area (Å²) in [5.41, 5.74) is 10.3. The number of para-hydroxylation sites is 4. The zero-order valence-electron chi connectivity index (χ0n) is 74.7. The van der Waals surface area contributed by atoms with E-state index in [4.69, 9.17) is 41.2 Å². The number of rotatable bonds is 32. The lowest BCUT2D eigenvalue weighted by atomic mass is 10.1. The third-order valence-electron chi connectivity index (χ3n) is 20.2. The predicted octanol–water partition coefficient (Wildman–Crippen LogP) is 16.0. The highest BCUT2D eigenvalue weighted by Gasteiger charge is 2.26. The Balaban J connectivity index is 0.000000152. The van der Waals surface area contributed by atoms with Gasteiger partial charge in [-0.05, 0) is 157 Å². The van der Waals surface area contributed by atoms with Crippen LogP contribution in [0.25, 0.3) is 12.2 Å². The van der Waals surface area contributed by atoms with E-state index in [2.05, 4.69) is 81.7 Å². The number of aryl methyl sites for hydroxylation is 2. The standard InChI is InChI=1S/C25H24N6O3S.C25H24N4O3S.C23H26N6O4S.C23H26N4O4S/c1-3-10-18-15-16-21(17-22(18)35(32,33)34-2)28-25-30-23(26-19-11-6-4-7-12-19)29-24(31-25)27-20-13-8-5-9-14-20;1-18-13-14-20(15-22(18)33(30,31)32-2)17-24-27-23(16-19-9-5-3-6-10-19)28-25(29-24)26-21-11-7-4-8-12-21;1-3-7-17-10-11-19(16-20(17)34(30,31)32-2)25-22-26-21(24-18-8-5-4-6-9-18)27-23(28-22)29-12-14-33-15-13-29;1-17-8-9-19(14-20(17)32(28,29)30-2)16-22-24-21(15-18-6-4-3-5-7-18)25-23(26-22)27-10-12-31-13-11-27/h3-17H,1-2H3,(H3,26,27,28,29,30,31);3-15H,16-17H2,1-2H3,(H,26,27,28,29);3-11,16H,12-15H2,1-2H3,(H2,24,25,26,27,28);3-9,14H,10-13,15-16H2,1-2H3/b10-3+;;7-3+;. The molecule has 4 aromatic heterocycles. The number of nitrogens with zero attached hydrogens (tertiary/aromatic N) is 14. The molecule has 14 aromatic rings. The van der Waals surface area contributed by atoms with Crippen molar-refractivity contribution in [2.24, 2.45) is 0 Å². The molecular formula is C96H100N20O14S4. The van der Waals surface area contributed by atoms with E-state index in [1.807, 2.05) is 213 Å². The van der Waals surface area contributed by atoms with E-state index in [9.17, 15) is 33.7 Å². The smallest absolute Gasteiger partial charge is 0.297 e. The second-order valence-electron chi connectivity index (χ2n) is 29.8. The first-order valence-electron chi connectivity index (χ1n) is 42.3. The Kier molecular flexibility index (Phi) is 33.9. The van der Waals surface area contributed by atoms with Gasteiger partial charge in [0.1, 0.15) is 33.1 Å². The van der Waals surface area contributed by atoms with Gasteiger partial charge < -0.3 is 51.2 Å². The molecule has 692 valence electrons. The molecule has 0 aliphatic carbocycles. The summed E-state index contributed by atoms with van der Waals surface area (Å²) in [5, 5.41) is 18.9. The maximum atomic E-state index is 12.5. The van der Waals surface area contributed by atoms with E-state index in [-0.39, 0.29) is 31.5 Å². The molecule has 6 heterocycles. The van der Waals surface area contributed by atoms with Gasteiger partial charge in [-0.25, -0.2) is 9.97 Å². The van der Waals surface area contributed by atoms with E-state index >= 15 is 0 Å². The number of hydrogen-bond acceptors (Lipinski definition) is 34. The van der Waals surface area contributed by atoms with Gasteiger partial charge in [-0.3, -0.25) is 16.7 Å². The Labute approximate surface area is 779 Å². The van der Waals surface area contributed by atoms with Crippen molar-refractivity contribution < 1.29 is 59.9 Å². The maximum absolute atomic E-state index is 12.5. The van der Waals surface area contributed by atoms with Crippen LogP contribution in [0.2, 0.25) is 0 Å². The second-order valence-corrected chi connectivity index (χ2v) is 36.6. The summed E-state index contributed by atoms with van der Waals surface area (Å²) < 4.78 is 129. The van der Waals surface area contributed by atoms with Crippen LogP contribution in [-0.4, -0.2) is 175 Å². The number of anilines is 14. The molecule has 2 aliphatic rings. The minimum Gasteiger partial charge on any atom is -0.378 e. The second kappa shape index (κ2) is 46.7. The van der Waals surface area contributed by atoms with Crippen LogP contribution >= 0.6 is 0 Å². The van der Waals surface area contributed by atoms with Gasteiger partial charge in [0.05, 0.1) is 64.7 Å². The van der Waals surface area contributed by atoms with Gasteiger partial charge in [-0.2, -0.15) is 83.5 Å². The highest BCUT2D eigenvalue weighted by molar-refractivity contribution is 7.87. The van der Waals surface area contributed by atoms with Gasteiger partial charge >= 0.3 is 0 Å². The molecular weight excluding hydrogens is 1790 g/mol. The Morgan fingerprint density at radius 1 is 0.291 bits per heavy atom. The van der Waals surface area contributed by atoms with Crippen molar-refractivity contribution in [1.82, 2.24) is 59.8 Å². The first-order chi connectivity index (χ1) is 64.8. The lowest BCUT2D eigenvalue weighted by Crippen LogP contribution is -2.37. The van der Waals surface area contributed by atoms with Gasteiger partial charge in [-0.1, -0.05) is 194 Å². The molecule has 2 aliphatic heterocycles. The highest BCUT2D eigenvalue weighted by Crippen LogP contribution is 2.32. The lowest BCUT2D eigenvalue weighted by Gasteiger charge is -2.27. The van der Waals surface area contributed by atoms with Crippen molar-refractivity contribution >= 4 is 134 Å². The van der Waals surface area contributed by atoms with Gasteiger partial charge in [0.2, 0.25) is 47.6 Å². The van der Waals surface area contributed by atoms with Crippen molar-refractivity contribution in [2.75, 3.05) is 123 Å². The Morgan fingerprint density at radius 2 is 0.560 bits per heavy atom. The summed E-state index contributed by atoms with van der Waals surface area (Å²) in [5.74, 6) is 5.47. The molecule has 38 heteroatoms. The van der Waals surface area contributed by atoms with Crippen LogP contribution in [0.4, 0.5) is 81.7 Å². The SMILES string of the molecule is C/C=C/c1ccc(Nc2nc(Nc3ccccc3)nc(N3CCOCC3)n2)cc1S(=O)(=O)OC.C/C=C/c1ccc(Nc2nc(Nc3ccccc3)nc(Nc3ccccc3)n2)cc1S(=O)(=O)OC.COS(=O)(=O)c1cc(Cc2nc(Cc3ccccc3)nc(N3CCOCC3)n2)ccc1C.COS(=O)(=O)c1cc(Cc2nc(Cc3ccccc3)nc(Nc3ccccc3)n2)ccc1C. The topological polar surface area (TPSA) is 425 Å². The molecule has 2 fully saturated rings. The molecule has 34 nitrogen and oxygen atoms in total. The molecule has 0 amide bonds. The number of aromatic nitrogens is 12. The molecule has 2 saturated heterocycles. The quantitative estimate of drug-likeness (QED) is 0.0213. The Hall–Kier alpha value is -14.3. The van der Waals surface area contributed by atoms with E-state index in [0.717, 1.165) is 86.5 Å². The normalized spacial score (nSPS) is 12.9. The molecule has 0 unspecified atom stereocenters. The fourth-order valence-corrected chi connectivity index (χ4v) is 17.2. The number of morpholine rings is 2. The van der Waals surface area contributed by atoms with Crippen LogP contribution in [0, 0.1) is 13.8 Å². The molecule has 10 aromatic carbocycles. The first-order valence-corrected chi connectivity index (χ1v) is 48.0. The molecule has 6 N–H and O–H groups in total. The number of hydrogen-bond donors (Lipinski definition) is 6. The van der Waals surface area contributed by atoms with Crippen molar-refractivity contribution in [2.45, 2.75) is 73.0 Å². The molecule has 0 bridgehead atoms. The van der Waals surface area contributed by atoms with E-state index in [0.29, 0.717) is 158 Å². The summed E-state index contributed by atoms with van der Waals surface area (Å²) in [6.07, 6.45) is 8.79. The van der Waals surface area contributed by atoms with E-state index in [1.165, 1.54) is 12.1 Å². The zero-order chi connectivity index (χ0) is 94.5. The molecule has 16 rings (SSSR count). The highest BCUT2D eigenvalue weighted by atomic mass is 32.2. The van der Waals surface area contributed by atoms with Crippen LogP contribution < -0.4 is 41.7 Å². The monoisotopic (exact) mass is 1880 g/mol. The number of benzene rings is 10. The molecule has 0 saturated carbocycles. The minimum absolute atomic E-state index is 0.0300. The fourth-order valence-electron chi connectivity index (χ4n) is 13.6. The molecule has 0 radical (unpaired) electrons. The van der Waals surface area contributed by atoms with Crippen LogP contribution in [0.3, 0.4) is 0 Å². The fraction of sp³-hybridized carbons (Fsp3) is 0.208. The van der Waals surface area contributed by atoms with Crippen LogP contribution in [0.1, 0.15) is 81.7 Å².